The lowest BCUT2D eigenvalue weighted by atomic mass is 9.98. The largest absolute Gasteiger partial charge is 0.379 e. The third kappa shape index (κ3) is 2.51. The summed E-state index contributed by atoms with van der Waals surface area (Å²) in [7, 11) is 0. The van der Waals surface area contributed by atoms with Crippen LogP contribution in [0.1, 0.15) is 6.42 Å². The summed E-state index contributed by atoms with van der Waals surface area (Å²) in [6.07, 6.45) is 0.630. The number of carbonyl (C=O) groups excluding carboxylic acids is 1. The number of para-hydroxylation sites is 1. The highest BCUT2D eigenvalue weighted by atomic mass is 16.5. The van der Waals surface area contributed by atoms with Gasteiger partial charge in [-0.2, -0.15) is 0 Å². The molecule has 2 aliphatic heterocycles. The van der Waals surface area contributed by atoms with Gasteiger partial charge in [0, 0.05) is 38.5 Å². The number of rotatable bonds is 2. The van der Waals surface area contributed by atoms with E-state index >= 15 is 0 Å². The Morgan fingerprint density at radius 1 is 1.15 bits per heavy atom. The molecule has 2 fully saturated rings. The van der Waals surface area contributed by atoms with Gasteiger partial charge in [0.25, 0.3) is 0 Å². The number of ether oxygens (including phenoxy) is 1. The number of piperazine rings is 1. The summed E-state index contributed by atoms with van der Waals surface area (Å²) in [6.45, 7) is 4.11. The molecule has 20 heavy (non-hydrogen) atoms. The first-order chi connectivity index (χ1) is 9.69. The monoisotopic (exact) mass is 275 g/mol. The second kappa shape index (κ2) is 5.42. The van der Waals surface area contributed by atoms with Crippen molar-refractivity contribution in [3.8, 4) is 0 Å². The fraction of sp³-hybridized carbons (Fsp3) is 0.533. The Bertz CT molecular complexity index is 463. The van der Waals surface area contributed by atoms with Crippen LogP contribution < -0.4 is 10.6 Å². The first-order valence-electron chi connectivity index (χ1n) is 7.15. The summed E-state index contributed by atoms with van der Waals surface area (Å²) in [5.74, 6) is 0.0442. The Morgan fingerprint density at radius 3 is 2.45 bits per heavy atom. The van der Waals surface area contributed by atoms with E-state index in [2.05, 4.69) is 17.0 Å². The van der Waals surface area contributed by atoms with Crippen LogP contribution in [0.2, 0.25) is 0 Å². The van der Waals surface area contributed by atoms with Crippen LogP contribution in [0.3, 0.4) is 0 Å². The van der Waals surface area contributed by atoms with E-state index in [9.17, 15) is 4.79 Å². The second-order valence-electron chi connectivity index (χ2n) is 5.57. The second-order valence-corrected chi connectivity index (χ2v) is 5.57. The zero-order chi connectivity index (χ0) is 14.0. The van der Waals surface area contributed by atoms with E-state index in [0.717, 1.165) is 26.2 Å². The maximum Gasteiger partial charge on any atom is 0.245 e. The maximum absolute atomic E-state index is 12.5. The van der Waals surface area contributed by atoms with Gasteiger partial charge >= 0.3 is 0 Å². The summed E-state index contributed by atoms with van der Waals surface area (Å²) in [4.78, 5) is 16.7. The van der Waals surface area contributed by atoms with Gasteiger partial charge in [-0.05, 0) is 18.6 Å². The molecule has 108 valence electrons. The molecule has 2 heterocycles. The van der Waals surface area contributed by atoms with Crippen molar-refractivity contribution in [1.29, 1.82) is 0 Å². The lowest BCUT2D eigenvalue weighted by molar-refractivity contribution is -0.137. The average molecular weight is 275 g/mol. The summed E-state index contributed by atoms with van der Waals surface area (Å²) in [6, 6.07) is 10.3. The van der Waals surface area contributed by atoms with Crippen molar-refractivity contribution in [2.45, 2.75) is 12.0 Å². The molecule has 2 aliphatic rings. The third-order valence-corrected chi connectivity index (χ3v) is 4.17. The maximum atomic E-state index is 12.5. The minimum atomic E-state index is -0.797. The van der Waals surface area contributed by atoms with E-state index in [1.807, 2.05) is 23.1 Å². The van der Waals surface area contributed by atoms with Gasteiger partial charge in [0.05, 0.1) is 6.61 Å². The van der Waals surface area contributed by atoms with Gasteiger partial charge in [-0.15, -0.1) is 0 Å². The predicted octanol–water partition coefficient (Wildman–Crippen LogP) is 0.453. The van der Waals surface area contributed by atoms with Gasteiger partial charge in [0.1, 0.15) is 5.54 Å². The normalized spacial score (nSPS) is 26.9. The third-order valence-electron chi connectivity index (χ3n) is 4.17. The first-order valence-corrected chi connectivity index (χ1v) is 7.15. The van der Waals surface area contributed by atoms with Gasteiger partial charge < -0.3 is 20.3 Å². The van der Waals surface area contributed by atoms with E-state index in [0.29, 0.717) is 19.6 Å². The molecule has 1 aromatic rings. The molecule has 1 unspecified atom stereocenters. The van der Waals surface area contributed by atoms with E-state index in [4.69, 9.17) is 10.5 Å². The highest BCUT2D eigenvalue weighted by Gasteiger charge is 2.41. The van der Waals surface area contributed by atoms with Gasteiger partial charge in [0.15, 0.2) is 0 Å². The lowest BCUT2D eigenvalue weighted by Crippen LogP contribution is -2.60. The standard InChI is InChI=1S/C15H21N3O2/c16-15(6-11-20-12-15)14(19)18-9-7-17(8-10-18)13-4-2-1-3-5-13/h1-5H,6-12,16H2. The first kappa shape index (κ1) is 13.4. The quantitative estimate of drug-likeness (QED) is 0.851. The summed E-state index contributed by atoms with van der Waals surface area (Å²) < 4.78 is 5.28. The number of carbonyl (C=O) groups is 1. The molecule has 1 aromatic carbocycles. The highest BCUT2D eigenvalue weighted by molar-refractivity contribution is 5.87. The van der Waals surface area contributed by atoms with E-state index in [1.54, 1.807) is 0 Å². The van der Waals surface area contributed by atoms with Crippen LogP contribution in [0.5, 0.6) is 0 Å². The molecule has 1 atom stereocenters. The van der Waals surface area contributed by atoms with E-state index in [1.165, 1.54) is 5.69 Å². The SMILES string of the molecule is NC1(C(=O)N2CCN(c3ccccc3)CC2)CCOC1. The van der Waals surface area contributed by atoms with Crippen molar-refractivity contribution >= 4 is 11.6 Å². The van der Waals surface area contributed by atoms with E-state index in [-0.39, 0.29) is 5.91 Å². The summed E-state index contributed by atoms with van der Waals surface area (Å²) in [5, 5.41) is 0. The fourth-order valence-corrected chi connectivity index (χ4v) is 2.87. The molecule has 0 saturated carbocycles. The van der Waals surface area contributed by atoms with Crippen molar-refractivity contribution in [2.75, 3.05) is 44.3 Å². The van der Waals surface area contributed by atoms with Crippen LogP contribution in [0, 0.1) is 0 Å². The van der Waals surface area contributed by atoms with E-state index < -0.39 is 5.54 Å². The van der Waals surface area contributed by atoms with Crippen molar-refractivity contribution in [1.82, 2.24) is 4.90 Å². The summed E-state index contributed by atoms with van der Waals surface area (Å²) in [5.41, 5.74) is 6.57. The Labute approximate surface area is 119 Å². The van der Waals surface area contributed by atoms with Crippen LogP contribution in [0.25, 0.3) is 0 Å². The van der Waals surface area contributed by atoms with Gasteiger partial charge in [-0.3, -0.25) is 4.79 Å². The zero-order valence-corrected chi connectivity index (χ0v) is 11.6. The molecular weight excluding hydrogens is 254 g/mol. The molecule has 1 amide bonds. The number of hydrogen-bond donors (Lipinski definition) is 1. The van der Waals surface area contributed by atoms with Crippen molar-refractivity contribution in [3.05, 3.63) is 30.3 Å². The number of nitrogens with zero attached hydrogens (tertiary/aromatic N) is 2. The Kier molecular flexibility index (Phi) is 3.63. The molecule has 0 aromatic heterocycles. The van der Waals surface area contributed by atoms with Crippen molar-refractivity contribution in [3.63, 3.8) is 0 Å². The molecule has 0 radical (unpaired) electrons. The Balaban J connectivity index is 1.60. The predicted molar refractivity (Wildman–Crippen MR) is 77.6 cm³/mol. The van der Waals surface area contributed by atoms with Crippen molar-refractivity contribution < 1.29 is 9.53 Å². The molecule has 2 saturated heterocycles. The van der Waals surface area contributed by atoms with Gasteiger partial charge in [-0.1, -0.05) is 18.2 Å². The molecular formula is C15H21N3O2. The van der Waals surface area contributed by atoms with Crippen LogP contribution in [-0.4, -0.2) is 55.7 Å². The minimum Gasteiger partial charge on any atom is -0.379 e. The summed E-state index contributed by atoms with van der Waals surface area (Å²) >= 11 is 0. The molecule has 0 aliphatic carbocycles. The lowest BCUT2D eigenvalue weighted by Gasteiger charge is -2.39. The number of benzene rings is 1. The molecule has 5 nitrogen and oxygen atoms in total. The number of hydrogen-bond acceptors (Lipinski definition) is 4. The minimum absolute atomic E-state index is 0.0442. The Hall–Kier alpha value is -1.59. The molecule has 3 rings (SSSR count). The average Bonchev–Trinajstić information content (AvgIpc) is 2.96. The molecule has 0 bridgehead atoms. The van der Waals surface area contributed by atoms with Crippen LogP contribution in [0.15, 0.2) is 30.3 Å². The topological polar surface area (TPSA) is 58.8 Å². The van der Waals surface area contributed by atoms with Crippen molar-refractivity contribution in [2.24, 2.45) is 5.73 Å². The van der Waals surface area contributed by atoms with Crippen LogP contribution in [0.4, 0.5) is 5.69 Å². The van der Waals surface area contributed by atoms with Crippen LogP contribution in [-0.2, 0) is 9.53 Å². The van der Waals surface area contributed by atoms with Gasteiger partial charge in [-0.25, -0.2) is 0 Å². The molecule has 5 heteroatoms. The van der Waals surface area contributed by atoms with Crippen LogP contribution >= 0.6 is 0 Å². The highest BCUT2D eigenvalue weighted by Crippen LogP contribution is 2.21. The number of amides is 1. The zero-order valence-electron chi connectivity index (χ0n) is 11.6. The van der Waals surface area contributed by atoms with Gasteiger partial charge in [0.2, 0.25) is 5.91 Å². The Morgan fingerprint density at radius 2 is 1.85 bits per heavy atom. The number of nitrogens with two attached hydrogens (primary N) is 1. The fourth-order valence-electron chi connectivity index (χ4n) is 2.87. The molecule has 0 spiro atoms. The molecule has 2 N–H and O–H groups in total. The smallest absolute Gasteiger partial charge is 0.245 e. The number of anilines is 1.